The number of aliphatic hydroxyl groups is 3. The Morgan fingerprint density at radius 1 is 1.00 bits per heavy atom. The zero-order valence-electron chi connectivity index (χ0n) is 19.4. The number of hydrogen-bond acceptors (Lipinski definition) is 4. The van der Waals surface area contributed by atoms with Gasteiger partial charge in [-0.05, 0) is 77.6 Å². The van der Waals surface area contributed by atoms with Crippen molar-refractivity contribution in [2.75, 3.05) is 0 Å². The summed E-state index contributed by atoms with van der Waals surface area (Å²) in [6.07, 6.45) is 5.53. The first-order valence-electron chi connectivity index (χ1n) is 11.4. The Morgan fingerprint density at radius 2 is 1.71 bits per heavy atom. The highest BCUT2D eigenvalue weighted by molar-refractivity contribution is 5.66. The molecule has 0 spiro atoms. The molecule has 31 heavy (non-hydrogen) atoms. The van der Waals surface area contributed by atoms with Gasteiger partial charge in [-0.15, -0.1) is 0 Å². The first-order valence-corrected chi connectivity index (χ1v) is 11.4. The van der Waals surface area contributed by atoms with Gasteiger partial charge in [0.1, 0.15) is 12.4 Å². The van der Waals surface area contributed by atoms with E-state index in [4.69, 9.17) is 4.74 Å². The minimum absolute atomic E-state index is 0.0856. The molecule has 2 aromatic carbocycles. The molecule has 4 heteroatoms. The van der Waals surface area contributed by atoms with Gasteiger partial charge in [0.2, 0.25) is 0 Å². The van der Waals surface area contributed by atoms with Crippen LogP contribution in [0.5, 0.6) is 5.75 Å². The van der Waals surface area contributed by atoms with Crippen molar-refractivity contribution in [1.29, 1.82) is 0 Å². The van der Waals surface area contributed by atoms with Crippen molar-refractivity contribution in [3.8, 4) is 5.75 Å². The summed E-state index contributed by atoms with van der Waals surface area (Å²) in [4.78, 5) is 0. The van der Waals surface area contributed by atoms with Gasteiger partial charge in [0.05, 0.1) is 18.8 Å². The molecule has 0 amide bonds. The molecular formula is C27H38O4. The molecule has 2 rings (SSSR count). The zero-order valence-corrected chi connectivity index (χ0v) is 19.4. The van der Waals surface area contributed by atoms with E-state index in [9.17, 15) is 15.3 Å². The first kappa shape index (κ1) is 25.1. The fourth-order valence-electron chi connectivity index (χ4n) is 3.97. The van der Waals surface area contributed by atoms with Crippen molar-refractivity contribution >= 4 is 5.57 Å². The third kappa shape index (κ3) is 6.67. The molecule has 3 N–H and O–H groups in total. The molecule has 0 aliphatic carbocycles. The molecule has 0 saturated carbocycles. The number of aliphatic hydroxyl groups excluding tert-OH is 2. The predicted molar refractivity (Wildman–Crippen MR) is 127 cm³/mol. The Kier molecular flexibility index (Phi) is 9.76. The fraction of sp³-hybridized carbons (Fsp3) is 0.481. The summed E-state index contributed by atoms with van der Waals surface area (Å²) in [6.45, 7) is 8.57. The average Bonchev–Trinajstić information content (AvgIpc) is 2.82. The van der Waals surface area contributed by atoms with Gasteiger partial charge in [-0.3, -0.25) is 0 Å². The summed E-state index contributed by atoms with van der Waals surface area (Å²) >= 11 is 0. The molecule has 2 aromatic rings. The van der Waals surface area contributed by atoms with Crippen LogP contribution in [0, 0.1) is 5.92 Å². The van der Waals surface area contributed by atoms with Crippen molar-refractivity contribution in [2.45, 2.75) is 78.8 Å². The van der Waals surface area contributed by atoms with Crippen molar-refractivity contribution in [2.24, 2.45) is 5.92 Å². The number of rotatable bonds is 12. The van der Waals surface area contributed by atoms with Gasteiger partial charge in [-0.25, -0.2) is 0 Å². The summed E-state index contributed by atoms with van der Waals surface area (Å²) in [7, 11) is 0. The van der Waals surface area contributed by atoms with Gasteiger partial charge in [0, 0.05) is 0 Å². The lowest BCUT2D eigenvalue weighted by atomic mass is 9.81. The summed E-state index contributed by atoms with van der Waals surface area (Å²) in [5.41, 5.74) is 4.18. The highest BCUT2D eigenvalue weighted by Crippen LogP contribution is 2.30. The third-order valence-corrected chi connectivity index (χ3v) is 6.46. The van der Waals surface area contributed by atoms with E-state index in [0.717, 1.165) is 53.7 Å². The van der Waals surface area contributed by atoms with Crippen molar-refractivity contribution in [1.82, 2.24) is 0 Å². The van der Waals surface area contributed by atoms with Crippen molar-refractivity contribution in [3.05, 3.63) is 70.8 Å². The lowest BCUT2D eigenvalue weighted by Gasteiger charge is -2.31. The normalized spacial score (nSPS) is 13.3. The number of benzene rings is 2. The zero-order chi connectivity index (χ0) is 22.9. The Morgan fingerprint density at radius 3 is 2.32 bits per heavy atom. The first-order chi connectivity index (χ1) is 14.9. The van der Waals surface area contributed by atoms with E-state index >= 15 is 0 Å². The van der Waals surface area contributed by atoms with Crippen LogP contribution in [0.3, 0.4) is 0 Å². The lowest BCUT2D eigenvalue weighted by Crippen LogP contribution is -2.34. The molecule has 0 aliphatic heterocycles. The maximum Gasteiger partial charge on any atom is 0.120 e. The van der Waals surface area contributed by atoms with Crippen LogP contribution in [0.15, 0.2) is 48.5 Å². The maximum atomic E-state index is 10.8. The minimum atomic E-state index is -0.612. The largest absolute Gasteiger partial charge is 0.489 e. The van der Waals surface area contributed by atoms with Crippen LogP contribution < -0.4 is 4.74 Å². The van der Waals surface area contributed by atoms with Gasteiger partial charge in [-0.2, -0.15) is 0 Å². The van der Waals surface area contributed by atoms with Crippen LogP contribution in [-0.2, 0) is 19.8 Å². The topological polar surface area (TPSA) is 69.9 Å². The fourth-order valence-corrected chi connectivity index (χ4v) is 3.97. The monoisotopic (exact) mass is 426 g/mol. The summed E-state index contributed by atoms with van der Waals surface area (Å²) in [5, 5.41) is 29.6. The highest BCUT2D eigenvalue weighted by atomic mass is 16.5. The standard InChI is InChI=1S/C27H38O4/c1-5-22(13-11-20(4)27(30,6-2)7-3)23-9-8-10-26(16-23)31-19-21-12-14-24(17-28)25(15-21)18-29/h8-10,12-16,20,28-30H,5-7,11,17-19H2,1-4H3. The Labute approximate surface area is 187 Å². The average molecular weight is 427 g/mol. The second-order valence-electron chi connectivity index (χ2n) is 8.27. The highest BCUT2D eigenvalue weighted by Gasteiger charge is 2.28. The predicted octanol–water partition coefficient (Wildman–Crippen LogP) is 5.62. The van der Waals surface area contributed by atoms with E-state index in [0.29, 0.717) is 6.61 Å². The number of ether oxygens (including phenoxy) is 1. The summed E-state index contributed by atoms with van der Waals surface area (Å²) in [5.74, 6) is 0.992. The summed E-state index contributed by atoms with van der Waals surface area (Å²) in [6, 6.07) is 13.7. The minimum Gasteiger partial charge on any atom is -0.489 e. The van der Waals surface area contributed by atoms with Crippen LogP contribution in [0.4, 0.5) is 0 Å². The molecule has 0 radical (unpaired) electrons. The van der Waals surface area contributed by atoms with Crippen LogP contribution in [0.1, 0.15) is 75.6 Å². The van der Waals surface area contributed by atoms with Crippen LogP contribution in [-0.4, -0.2) is 20.9 Å². The Hall–Kier alpha value is -2.14. The van der Waals surface area contributed by atoms with Crippen LogP contribution in [0.2, 0.25) is 0 Å². The molecular weight excluding hydrogens is 388 g/mol. The Balaban J connectivity index is 2.11. The molecule has 1 atom stereocenters. The summed E-state index contributed by atoms with van der Waals surface area (Å²) < 4.78 is 6.00. The SMILES string of the molecule is CCC(=CCC(C)C(O)(CC)CC)c1cccc(OCc2ccc(CO)c(CO)c2)c1. The number of allylic oxidation sites excluding steroid dienone is 2. The Bertz CT molecular complexity index is 852. The van der Waals surface area contributed by atoms with Gasteiger partial charge >= 0.3 is 0 Å². The molecule has 0 aliphatic rings. The second kappa shape index (κ2) is 12.0. The molecule has 4 nitrogen and oxygen atoms in total. The molecule has 0 bridgehead atoms. The smallest absolute Gasteiger partial charge is 0.120 e. The van der Waals surface area contributed by atoms with Crippen molar-refractivity contribution in [3.63, 3.8) is 0 Å². The molecule has 0 aromatic heterocycles. The van der Waals surface area contributed by atoms with Crippen molar-refractivity contribution < 1.29 is 20.1 Å². The third-order valence-electron chi connectivity index (χ3n) is 6.46. The van der Waals surface area contributed by atoms with E-state index in [1.54, 1.807) is 0 Å². The maximum absolute atomic E-state index is 10.8. The molecule has 170 valence electrons. The van der Waals surface area contributed by atoms with E-state index in [-0.39, 0.29) is 19.1 Å². The van der Waals surface area contributed by atoms with Gasteiger partial charge in [0.15, 0.2) is 0 Å². The lowest BCUT2D eigenvalue weighted by molar-refractivity contribution is -0.0178. The van der Waals surface area contributed by atoms with E-state index in [1.807, 2.05) is 44.2 Å². The van der Waals surface area contributed by atoms with E-state index < -0.39 is 5.60 Å². The van der Waals surface area contributed by atoms with E-state index in [2.05, 4.69) is 32.1 Å². The van der Waals surface area contributed by atoms with Gasteiger partial charge in [-0.1, -0.05) is 58.0 Å². The van der Waals surface area contributed by atoms with Crippen LogP contribution >= 0.6 is 0 Å². The van der Waals surface area contributed by atoms with E-state index in [1.165, 1.54) is 5.57 Å². The molecule has 0 fully saturated rings. The number of hydrogen-bond donors (Lipinski definition) is 3. The van der Waals surface area contributed by atoms with Gasteiger partial charge in [0.25, 0.3) is 0 Å². The molecule has 0 heterocycles. The molecule has 0 saturated heterocycles. The quantitative estimate of drug-likeness (QED) is 0.412. The molecule has 1 unspecified atom stereocenters. The second-order valence-corrected chi connectivity index (χ2v) is 8.27. The van der Waals surface area contributed by atoms with Crippen LogP contribution in [0.25, 0.3) is 5.57 Å². The van der Waals surface area contributed by atoms with Gasteiger partial charge < -0.3 is 20.1 Å².